The molecular formula is C20H23N5O2. The molecule has 1 atom stereocenters. The van der Waals surface area contributed by atoms with E-state index in [1.807, 2.05) is 24.3 Å². The van der Waals surface area contributed by atoms with Crippen LogP contribution in [-0.2, 0) is 0 Å². The van der Waals surface area contributed by atoms with Crippen LogP contribution in [0.3, 0.4) is 0 Å². The fraction of sp³-hybridized carbons (Fsp3) is 0.350. The molecule has 4 rings (SSSR count). The molecule has 0 amide bonds. The van der Waals surface area contributed by atoms with Crippen molar-refractivity contribution >= 4 is 0 Å². The Hall–Kier alpha value is -2.77. The van der Waals surface area contributed by atoms with Gasteiger partial charge in [0.05, 0.1) is 7.11 Å². The molecule has 7 nitrogen and oxygen atoms in total. The van der Waals surface area contributed by atoms with Crippen molar-refractivity contribution in [1.82, 2.24) is 24.9 Å². The first kappa shape index (κ1) is 17.6. The summed E-state index contributed by atoms with van der Waals surface area (Å²) in [5, 5.41) is 4.19. The second kappa shape index (κ2) is 7.85. The van der Waals surface area contributed by atoms with E-state index < -0.39 is 0 Å². The first-order valence-electron chi connectivity index (χ1n) is 9.06. The van der Waals surface area contributed by atoms with E-state index in [1.54, 1.807) is 19.4 Å². The molecule has 1 saturated heterocycles. The maximum Gasteiger partial charge on any atom is 0.248 e. The van der Waals surface area contributed by atoms with E-state index in [0.717, 1.165) is 37.3 Å². The fourth-order valence-electron chi connectivity index (χ4n) is 3.32. The van der Waals surface area contributed by atoms with Crippen LogP contribution in [-0.4, -0.2) is 65.3 Å². The Labute approximate surface area is 158 Å². The van der Waals surface area contributed by atoms with Crippen molar-refractivity contribution < 1.29 is 9.26 Å². The third kappa shape index (κ3) is 3.84. The molecule has 3 heterocycles. The number of hydrogen-bond acceptors (Lipinski definition) is 7. The van der Waals surface area contributed by atoms with Gasteiger partial charge in [-0.15, -0.1) is 0 Å². The zero-order valence-electron chi connectivity index (χ0n) is 15.6. The number of hydrogen-bond donors (Lipinski definition) is 0. The van der Waals surface area contributed by atoms with Gasteiger partial charge in [-0.3, -0.25) is 4.90 Å². The highest BCUT2D eigenvalue weighted by Crippen LogP contribution is 2.30. The number of aromatic nitrogens is 3. The average molecular weight is 365 g/mol. The molecule has 1 aliphatic rings. The Kier molecular flexibility index (Phi) is 5.13. The molecule has 1 unspecified atom stereocenters. The lowest BCUT2D eigenvalue weighted by molar-refractivity contribution is 0.111. The van der Waals surface area contributed by atoms with Crippen molar-refractivity contribution in [3.05, 3.63) is 60.1 Å². The molecule has 1 fully saturated rings. The van der Waals surface area contributed by atoms with Crippen LogP contribution in [0.5, 0.6) is 5.88 Å². The van der Waals surface area contributed by atoms with Crippen molar-refractivity contribution in [3.63, 3.8) is 0 Å². The van der Waals surface area contributed by atoms with Gasteiger partial charge in [0.25, 0.3) is 0 Å². The van der Waals surface area contributed by atoms with Crippen molar-refractivity contribution in [2.75, 3.05) is 40.3 Å². The van der Waals surface area contributed by atoms with Crippen molar-refractivity contribution in [3.8, 4) is 17.3 Å². The summed E-state index contributed by atoms with van der Waals surface area (Å²) in [6, 6.07) is 14.0. The second-order valence-electron chi connectivity index (χ2n) is 6.70. The van der Waals surface area contributed by atoms with Crippen LogP contribution in [0, 0.1) is 0 Å². The predicted octanol–water partition coefficient (Wildman–Crippen LogP) is 2.48. The molecule has 0 saturated carbocycles. The van der Waals surface area contributed by atoms with Crippen molar-refractivity contribution in [2.24, 2.45) is 0 Å². The number of likely N-dealkylation sites (N-methyl/N-ethyl adjacent to an activating group) is 1. The van der Waals surface area contributed by atoms with Crippen LogP contribution in [0.2, 0.25) is 0 Å². The Balaban J connectivity index is 1.65. The summed E-state index contributed by atoms with van der Waals surface area (Å²) in [6.07, 6.45) is 1.70. The van der Waals surface area contributed by atoms with Gasteiger partial charge in [-0.25, -0.2) is 4.98 Å². The van der Waals surface area contributed by atoms with E-state index in [9.17, 15) is 0 Å². The molecule has 2 aromatic heterocycles. The SMILES string of the molecule is COc1ccc(-c2noc(C(c3ccccc3)N3CCN(C)CC3)n2)cn1. The van der Waals surface area contributed by atoms with Gasteiger partial charge >= 0.3 is 0 Å². The monoisotopic (exact) mass is 365 g/mol. The average Bonchev–Trinajstić information content (AvgIpc) is 3.20. The summed E-state index contributed by atoms with van der Waals surface area (Å²) in [7, 11) is 3.74. The van der Waals surface area contributed by atoms with Crippen LogP contribution in [0.4, 0.5) is 0 Å². The molecule has 0 radical (unpaired) electrons. The molecule has 0 spiro atoms. The molecule has 0 bridgehead atoms. The first-order chi connectivity index (χ1) is 13.2. The van der Waals surface area contributed by atoms with Gasteiger partial charge in [-0.2, -0.15) is 4.98 Å². The highest BCUT2D eigenvalue weighted by Gasteiger charge is 2.30. The summed E-state index contributed by atoms with van der Waals surface area (Å²) in [5.74, 6) is 1.70. The van der Waals surface area contributed by atoms with Crippen LogP contribution < -0.4 is 4.74 Å². The number of ether oxygens (including phenoxy) is 1. The van der Waals surface area contributed by atoms with Crippen LogP contribution in [0.1, 0.15) is 17.5 Å². The Morgan fingerprint density at radius 3 is 2.48 bits per heavy atom. The van der Waals surface area contributed by atoms with E-state index in [-0.39, 0.29) is 6.04 Å². The van der Waals surface area contributed by atoms with Gasteiger partial charge in [-0.05, 0) is 18.7 Å². The summed E-state index contributed by atoms with van der Waals surface area (Å²) < 4.78 is 10.8. The van der Waals surface area contributed by atoms with Gasteiger partial charge in [0, 0.05) is 44.0 Å². The zero-order chi connectivity index (χ0) is 18.6. The third-order valence-electron chi connectivity index (χ3n) is 4.90. The number of nitrogens with zero attached hydrogens (tertiary/aromatic N) is 5. The minimum Gasteiger partial charge on any atom is -0.481 e. The normalized spacial score (nSPS) is 17.0. The standard InChI is InChI=1S/C20H23N5O2/c1-24-10-12-25(13-11-24)18(15-6-4-3-5-7-15)20-22-19(23-27-20)16-8-9-17(26-2)21-14-16/h3-9,14,18H,10-13H2,1-2H3. The molecule has 140 valence electrons. The molecule has 27 heavy (non-hydrogen) atoms. The topological polar surface area (TPSA) is 67.5 Å². The highest BCUT2D eigenvalue weighted by molar-refractivity contribution is 5.53. The third-order valence-corrected chi connectivity index (χ3v) is 4.90. The first-order valence-corrected chi connectivity index (χ1v) is 9.06. The van der Waals surface area contributed by atoms with E-state index in [1.165, 1.54) is 0 Å². The molecule has 0 aliphatic carbocycles. The Morgan fingerprint density at radius 1 is 1.04 bits per heavy atom. The number of piperazine rings is 1. The zero-order valence-corrected chi connectivity index (χ0v) is 15.6. The van der Waals surface area contributed by atoms with E-state index >= 15 is 0 Å². The lowest BCUT2D eigenvalue weighted by atomic mass is 10.0. The summed E-state index contributed by atoms with van der Waals surface area (Å²) in [5.41, 5.74) is 1.96. The van der Waals surface area contributed by atoms with E-state index in [4.69, 9.17) is 14.2 Å². The summed E-state index contributed by atoms with van der Waals surface area (Å²) >= 11 is 0. The molecule has 1 aromatic carbocycles. The van der Waals surface area contributed by atoms with Gasteiger partial charge in [0.1, 0.15) is 6.04 Å². The largest absolute Gasteiger partial charge is 0.481 e. The maximum absolute atomic E-state index is 5.70. The van der Waals surface area contributed by atoms with Crippen LogP contribution in [0.15, 0.2) is 53.2 Å². The molecule has 1 aliphatic heterocycles. The van der Waals surface area contributed by atoms with Crippen LogP contribution in [0.25, 0.3) is 11.4 Å². The smallest absolute Gasteiger partial charge is 0.248 e. The van der Waals surface area contributed by atoms with Crippen molar-refractivity contribution in [1.29, 1.82) is 0 Å². The van der Waals surface area contributed by atoms with E-state index in [2.05, 4.69) is 39.1 Å². The van der Waals surface area contributed by atoms with Gasteiger partial charge in [0.15, 0.2) is 0 Å². The number of pyridine rings is 1. The van der Waals surface area contributed by atoms with Gasteiger partial charge in [0.2, 0.25) is 17.6 Å². The van der Waals surface area contributed by atoms with Gasteiger partial charge in [-0.1, -0.05) is 35.5 Å². The Bertz CT molecular complexity index is 858. The summed E-state index contributed by atoms with van der Waals surface area (Å²) in [6.45, 7) is 3.95. The quantitative estimate of drug-likeness (QED) is 0.688. The fourth-order valence-corrected chi connectivity index (χ4v) is 3.32. The van der Waals surface area contributed by atoms with Crippen LogP contribution >= 0.6 is 0 Å². The maximum atomic E-state index is 5.70. The number of rotatable bonds is 5. The second-order valence-corrected chi connectivity index (χ2v) is 6.70. The molecular weight excluding hydrogens is 342 g/mol. The number of methoxy groups -OCH3 is 1. The Morgan fingerprint density at radius 2 is 1.81 bits per heavy atom. The molecule has 7 heteroatoms. The minimum absolute atomic E-state index is 0.0487. The van der Waals surface area contributed by atoms with E-state index in [0.29, 0.717) is 17.6 Å². The molecule has 3 aromatic rings. The predicted molar refractivity (Wildman–Crippen MR) is 101 cm³/mol. The lowest BCUT2D eigenvalue weighted by Crippen LogP contribution is -2.46. The van der Waals surface area contributed by atoms with Crippen molar-refractivity contribution in [2.45, 2.75) is 6.04 Å². The molecule has 0 N–H and O–H groups in total. The lowest BCUT2D eigenvalue weighted by Gasteiger charge is -2.36. The van der Waals surface area contributed by atoms with Gasteiger partial charge < -0.3 is 14.2 Å². The number of benzene rings is 1. The highest BCUT2D eigenvalue weighted by atomic mass is 16.5. The summed E-state index contributed by atoms with van der Waals surface area (Å²) in [4.78, 5) is 13.7. The minimum atomic E-state index is -0.0487.